The van der Waals surface area contributed by atoms with Crippen LogP contribution in [0.5, 0.6) is 0 Å². The molecule has 2 aliphatic heterocycles. The van der Waals surface area contributed by atoms with Gasteiger partial charge in [-0.25, -0.2) is 4.98 Å². The molecule has 0 spiro atoms. The van der Waals surface area contributed by atoms with E-state index in [2.05, 4.69) is 15.3 Å². The van der Waals surface area contributed by atoms with Crippen LogP contribution in [0.1, 0.15) is 52.9 Å². The van der Waals surface area contributed by atoms with Crippen LogP contribution < -0.4 is 10.2 Å². The van der Waals surface area contributed by atoms with Gasteiger partial charge in [-0.3, -0.25) is 19.5 Å². The summed E-state index contributed by atoms with van der Waals surface area (Å²) < 4.78 is 44.9. The summed E-state index contributed by atoms with van der Waals surface area (Å²) in [6.45, 7) is 5.39. The van der Waals surface area contributed by atoms with Crippen LogP contribution in [0.2, 0.25) is 0 Å². The van der Waals surface area contributed by atoms with Gasteiger partial charge < -0.3 is 10.1 Å². The van der Waals surface area contributed by atoms with Gasteiger partial charge in [0.15, 0.2) is 0 Å². The van der Waals surface area contributed by atoms with E-state index in [1.54, 1.807) is 17.2 Å². The maximum Gasteiger partial charge on any atom is 0.416 e. The van der Waals surface area contributed by atoms with Crippen molar-refractivity contribution in [2.24, 2.45) is 5.92 Å². The van der Waals surface area contributed by atoms with Gasteiger partial charge in [-0.2, -0.15) is 13.2 Å². The Morgan fingerprint density at radius 2 is 1.87 bits per heavy atom. The second-order valence-corrected chi connectivity index (χ2v) is 9.51. The van der Waals surface area contributed by atoms with Gasteiger partial charge in [-0.05, 0) is 62.6 Å². The van der Waals surface area contributed by atoms with E-state index in [1.165, 1.54) is 18.3 Å². The number of halogens is 3. The van der Waals surface area contributed by atoms with Gasteiger partial charge in [0.05, 0.1) is 17.4 Å². The number of alkyl halides is 3. The Balaban J connectivity index is 1.48. The fourth-order valence-corrected chi connectivity index (χ4v) is 5.26. The van der Waals surface area contributed by atoms with E-state index < -0.39 is 17.6 Å². The van der Waals surface area contributed by atoms with Crippen LogP contribution in [0.3, 0.4) is 0 Å². The highest BCUT2D eigenvalue weighted by Crippen LogP contribution is 2.44. The lowest BCUT2D eigenvalue weighted by Crippen LogP contribution is -2.44. The maximum absolute atomic E-state index is 13.2. The standard InChI is InChI=1S/C28H27F3N4O3/c1-3-35-25-24(21-7-9-38-10-8-22(21)27(35)37)12-18(14-33-25)23-13-20(15-32-16(23)2)34-26(36)17-5-4-6-19(11-17)28(29,30)31/h4-6,11-15,21-22H,3,7-10H2,1-2H3,(H,34,36). The number of nitrogens with one attached hydrogen (secondary N) is 1. The van der Waals surface area contributed by atoms with E-state index in [0.717, 1.165) is 35.2 Å². The topological polar surface area (TPSA) is 84.4 Å². The zero-order valence-corrected chi connectivity index (χ0v) is 21.0. The molecule has 0 radical (unpaired) electrons. The van der Waals surface area contributed by atoms with Gasteiger partial charge in [0.2, 0.25) is 5.91 Å². The van der Waals surface area contributed by atoms with Gasteiger partial charge in [-0.15, -0.1) is 0 Å². The van der Waals surface area contributed by atoms with Crippen molar-refractivity contribution in [1.29, 1.82) is 0 Å². The summed E-state index contributed by atoms with van der Waals surface area (Å²) in [5, 5.41) is 2.65. The highest BCUT2D eigenvalue weighted by molar-refractivity contribution is 6.04. The number of amides is 2. The first-order chi connectivity index (χ1) is 18.2. The lowest BCUT2D eigenvalue weighted by Gasteiger charge is -2.37. The van der Waals surface area contributed by atoms with Crippen molar-refractivity contribution >= 4 is 23.3 Å². The van der Waals surface area contributed by atoms with Crippen LogP contribution in [-0.4, -0.2) is 41.5 Å². The van der Waals surface area contributed by atoms with Crippen molar-refractivity contribution in [3.63, 3.8) is 0 Å². The maximum atomic E-state index is 13.2. The Morgan fingerprint density at radius 1 is 1.11 bits per heavy atom. The Kier molecular flexibility index (Phi) is 6.92. The first kappa shape index (κ1) is 25.8. The molecule has 5 rings (SSSR count). The summed E-state index contributed by atoms with van der Waals surface area (Å²) in [4.78, 5) is 36.7. The normalized spacial score (nSPS) is 19.4. The number of carbonyl (C=O) groups is 2. The number of benzene rings is 1. The first-order valence-electron chi connectivity index (χ1n) is 12.5. The van der Waals surface area contributed by atoms with E-state index in [0.29, 0.717) is 43.4 Å². The predicted octanol–water partition coefficient (Wildman–Crippen LogP) is 5.60. The van der Waals surface area contributed by atoms with Gasteiger partial charge in [0, 0.05) is 60.2 Å². The molecule has 2 amide bonds. The van der Waals surface area contributed by atoms with E-state index >= 15 is 0 Å². The molecule has 3 aromatic rings. The molecule has 10 heteroatoms. The fraction of sp³-hybridized carbons (Fsp3) is 0.357. The number of nitrogens with zero attached hydrogens (tertiary/aromatic N) is 3. The molecular weight excluding hydrogens is 497 g/mol. The summed E-state index contributed by atoms with van der Waals surface area (Å²) in [6.07, 6.45) is -0.0243. The van der Waals surface area contributed by atoms with Gasteiger partial charge in [0.25, 0.3) is 5.91 Å². The smallest absolute Gasteiger partial charge is 0.381 e. The molecule has 4 heterocycles. The monoisotopic (exact) mass is 524 g/mol. The minimum Gasteiger partial charge on any atom is -0.381 e. The third-order valence-corrected chi connectivity index (χ3v) is 7.19. The number of carbonyl (C=O) groups excluding carboxylic acids is 2. The molecule has 2 atom stereocenters. The summed E-state index contributed by atoms with van der Waals surface area (Å²) in [6, 6.07) is 8.03. The van der Waals surface area contributed by atoms with Crippen molar-refractivity contribution in [3.8, 4) is 11.1 Å². The van der Waals surface area contributed by atoms with Crippen LogP contribution in [0.4, 0.5) is 24.7 Å². The highest BCUT2D eigenvalue weighted by Gasteiger charge is 2.41. The number of hydrogen-bond donors (Lipinski definition) is 1. The first-order valence-corrected chi connectivity index (χ1v) is 12.5. The average Bonchev–Trinajstić information content (AvgIpc) is 3.16. The van der Waals surface area contributed by atoms with Crippen LogP contribution in [0, 0.1) is 12.8 Å². The molecule has 2 aromatic heterocycles. The molecule has 2 unspecified atom stereocenters. The molecule has 1 saturated heterocycles. The summed E-state index contributed by atoms with van der Waals surface area (Å²) in [7, 11) is 0. The van der Waals surface area contributed by atoms with Crippen molar-refractivity contribution < 1.29 is 27.5 Å². The van der Waals surface area contributed by atoms with Crippen LogP contribution in [0.25, 0.3) is 11.1 Å². The van der Waals surface area contributed by atoms with Crippen LogP contribution >= 0.6 is 0 Å². The molecule has 1 fully saturated rings. The lowest BCUT2D eigenvalue weighted by molar-refractivity contribution is -0.137. The average molecular weight is 525 g/mol. The molecule has 0 aliphatic carbocycles. The minimum absolute atomic E-state index is 0.00712. The summed E-state index contributed by atoms with van der Waals surface area (Å²) in [5.74, 6) is -0.113. The molecule has 1 N–H and O–H groups in total. The highest BCUT2D eigenvalue weighted by atomic mass is 19.4. The number of anilines is 2. The Morgan fingerprint density at radius 3 is 2.61 bits per heavy atom. The number of ether oxygens (including phenoxy) is 1. The SMILES string of the molecule is CCN1C(=O)C2CCOCCC2c2cc(-c3cc(NC(=O)c4cccc(C(F)(F)F)c4)cnc3C)cnc21. The van der Waals surface area contributed by atoms with E-state index in [9.17, 15) is 22.8 Å². The fourth-order valence-electron chi connectivity index (χ4n) is 5.26. The quantitative estimate of drug-likeness (QED) is 0.480. The van der Waals surface area contributed by atoms with Gasteiger partial charge in [0.1, 0.15) is 5.82 Å². The molecule has 0 bridgehead atoms. The van der Waals surface area contributed by atoms with Crippen molar-refractivity contribution in [2.75, 3.05) is 30.0 Å². The molecule has 198 valence electrons. The van der Waals surface area contributed by atoms with E-state index in [1.807, 2.05) is 19.9 Å². The Hall–Kier alpha value is -3.79. The summed E-state index contributed by atoms with van der Waals surface area (Å²) >= 11 is 0. The zero-order valence-electron chi connectivity index (χ0n) is 21.0. The van der Waals surface area contributed by atoms with Crippen molar-refractivity contribution in [3.05, 3.63) is 71.2 Å². The number of hydrogen-bond acceptors (Lipinski definition) is 5. The van der Waals surface area contributed by atoms with E-state index in [4.69, 9.17) is 4.74 Å². The molecule has 2 aliphatic rings. The second-order valence-electron chi connectivity index (χ2n) is 9.51. The van der Waals surface area contributed by atoms with Crippen LogP contribution in [-0.2, 0) is 15.7 Å². The van der Waals surface area contributed by atoms with Crippen LogP contribution in [0.15, 0.2) is 48.8 Å². The number of pyridine rings is 2. The molecule has 38 heavy (non-hydrogen) atoms. The molecular formula is C28H27F3N4O3. The largest absolute Gasteiger partial charge is 0.416 e. The second kappa shape index (κ2) is 10.2. The number of fused-ring (bicyclic) bond motifs is 3. The lowest BCUT2D eigenvalue weighted by atomic mass is 9.78. The Bertz CT molecular complexity index is 1390. The van der Waals surface area contributed by atoms with Gasteiger partial charge in [-0.1, -0.05) is 6.07 Å². The third-order valence-electron chi connectivity index (χ3n) is 7.19. The molecule has 1 aromatic carbocycles. The Labute approximate surface area is 218 Å². The number of aromatic nitrogens is 2. The third kappa shape index (κ3) is 4.88. The van der Waals surface area contributed by atoms with Crippen molar-refractivity contribution in [1.82, 2.24) is 9.97 Å². The molecule has 0 saturated carbocycles. The zero-order chi connectivity index (χ0) is 27.0. The van der Waals surface area contributed by atoms with Gasteiger partial charge >= 0.3 is 6.18 Å². The summed E-state index contributed by atoms with van der Waals surface area (Å²) in [5.41, 5.74) is 2.53. The number of rotatable bonds is 4. The number of aryl methyl sites for hydroxylation is 1. The van der Waals surface area contributed by atoms with Crippen molar-refractivity contribution in [2.45, 2.75) is 38.8 Å². The molecule has 7 nitrogen and oxygen atoms in total. The minimum atomic E-state index is -4.55. The van der Waals surface area contributed by atoms with E-state index in [-0.39, 0.29) is 23.3 Å². The predicted molar refractivity (Wildman–Crippen MR) is 136 cm³/mol.